The molecular weight excluding hydrogens is 448 g/mol. The predicted molar refractivity (Wildman–Crippen MR) is 145 cm³/mol. The molecule has 4 N–H and O–H groups in total. The van der Waals surface area contributed by atoms with E-state index in [0.29, 0.717) is 24.8 Å². The Morgan fingerprint density at radius 3 is 2.53 bits per heavy atom. The molecule has 0 saturated carbocycles. The van der Waals surface area contributed by atoms with Crippen LogP contribution in [0.25, 0.3) is 11.0 Å². The van der Waals surface area contributed by atoms with Gasteiger partial charge < -0.3 is 25.6 Å². The van der Waals surface area contributed by atoms with Gasteiger partial charge >= 0.3 is 0 Å². The van der Waals surface area contributed by atoms with Crippen LogP contribution in [-0.2, 0) is 19.4 Å². The number of nitrogens with two attached hydrogens (primary N) is 1. The number of aryl methyl sites for hydroxylation is 3. The number of piperidine rings is 1. The number of imidazole rings is 1. The average molecular weight is 485 g/mol. The third-order valence-electron chi connectivity index (χ3n) is 7.12. The molecule has 0 atom stereocenters. The van der Waals surface area contributed by atoms with Gasteiger partial charge in [-0.1, -0.05) is 36.4 Å². The number of aromatic nitrogens is 3. The van der Waals surface area contributed by atoms with E-state index in [0.717, 1.165) is 68.0 Å². The van der Waals surface area contributed by atoms with Gasteiger partial charge in [-0.15, -0.1) is 0 Å². The van der Waals surface area contributed by atoms with Gasteiger partial charge in [-0.25, -0.2) is 4.98 Å². The summed E-state index contributed by atoms with van der Waals surface area (Å²) in [4.78, 5) is 12.0. The van der Waals surface area contributed by atoms with Crippen LogP contribution in [0.5, 0.6) is 5.75 Å². The zero-order valence-electron chi connectivity index (χ0n) is 21.0. The Morgan fingerprint density at radius 2 is 1.75 bits per heavy atom. The SMILES string of the molecule is Cc1ccc(O)c(Cn2c(NC3CCN(CCN)CC3)nc3ccc(CCc4ccccc4)cc32)n1. The topological polar surface area (TPSA) is 92.2 Å². The molecule has 4 aromatic rings. The van der Waals surface area contributed by atoms with Crippen LogP contribution in [0.15, 0.2) is 60.7 Å². The van der Waals surface area contributed by atoms with Crippen LogP contribution in [0.4, 0.5) is 5.95 Å². The molecular formula is C29H36N6O. The lowest BCUT2D eigenvalue weighted by molar-refractivity contribution is 0.224. The highest BCUT2D eigenvalue weighted by atomic mass is 16.3. The van der Waals surface area contributed by atoms with Gasteiger partial charge in [-0.2, -0.15) is 0 Å². The van der Waals surface area contributed by atoms with Gasteiger partial charge in [0.1, 0.15) is 11.4 Å². The molecule has 7 nitrogen and oxygen atoms in total. The Balaban J connectivity index is 1.43. The first-order valence-corrected chi connectivity index (χ1v) is 13.0. The Bertz CT molecular complexity index is 1290. The molecule has 1 aliphatic heterocycles. The second-order valence-corrected chi connectivity index (χ2v) is 9.80. The van der Waals surface area contributed by atoms with Crippen LogP contribution in [0.3, 0.4) is 0 Å². The summed E-state index contributed by atoms with van der Waals surface area (Å²) < 4.78 is 2.18. The van der Waals surface area contributed by atoms with E-state index >= 15 is 0 Å². The summed E-state index contributed by atoms with van der Waals surface area (Å²) in [5.74, 6) is 1.05. The molecule has 0 amide bonds. The highest BCUT2D eigenvalue weighted by Gasteiger charge is 2.22. The van der Waals surface area contributed by atoms with E-state index in [1.165, 1.54) is 11.1 Å². The van der Waals surface area contributed by atoms with Gasteiger partial charge in [0, 0.05) is 37.9 Å². The summed E-state index contributed by atoms with van der Waals surface area (Å²) in [6.07, 6.45) is 4.06. The number of likely N-dealkylation sites (tertiary alicyclic amines) is 1. The molecule has 1 aliphatic rings. The minimum Gasteiger partial charge on any atom is -0.506 e. The van der Waals surface area contributed by atoms with Crippen LogP contribution >= 0.6 is 0 Å². The second kappa shape index (κ2) is 11.1. The smallest absolute Gasteiger partial charge is 0.204 e. The standard InChI is InChI=1S/C29H36N6O/c1-21-7-12-28(36)26(31-21)20-35-27-19-23(9-8-22-5-3-2-4-6-22)10-11-25(27)33-29(35)32-24-13-16-34(17-14-24)18-15-30/h2-7,10-12,19,24,36H,8-9,13-18,20,30H2,1H3,(H,32,33). The monoisotopic (exact) mass is 484 g/mol. The van der Waals surface area contributed by atoms with Crippen molar-refractivity contribution in [2.24, 2.45) is 5.73 Å². The van der Waals surface area contributed by atoms with Crippen molar-refractivity contribution in [3.63, 3.8) is 0 Å². The van der Waals surface area contributed by atoms with Crippen molar-refractivity contribution in [2.45, 2.75) is 45.2 Å². The summed E-state index contributed by atoms with van der Waals surface area (Å²) >= 11 is 0. The molecule has 0 unspecified atom stereocenters. The minimum atomic E-state index is 0.212. The van der Waals surface area contributed by atoms with Crippen molar-refractivity contribution in [3.8, 4) is 5.75 Å². The number of rotatable bonds is 9. The number of fused-ring (bicyclic) bond motifs is 1. The van der Waals surface area contributed by atoms with E-state index in [2.05, 4.69) is 68.3 Å². The molecule has 5 rings (SSSR count). The first-order chi connectivity index (χ1) is 17.6. The van der Waals surface area contributed by atoms with Gasteiger partial charge in [0.25, 0.3) is 0 Å². The highest BCUT2D eigenvalue weighted by Crippen LogP contribution is 2.27. The third kappa shape index (κ3) is 5.69. The van der Waals surface area contributed by atoms with Gasteiger partial charge in [0.15, 0.2) is 0 Å². The van der Waals surface area contributed by atoms with Crippen molar-refractivity contribution in [1.82, 2.24) is 19.4 Å². The van der Waals surface area contributed by atoms with E-state index in [4.69, 9.17) is 10.7 Å². The molecule has 2 aromatic carbocycles. The average Bonchev–Trinajstić information content (AvgIpc) is 3.23. The van der Waals surface area contributed by atoms with E-state index in [-0.39, 0.29) is 5.75 Å². The Kier molecular flexibility index (Phi) is 7.49. The van der Waals surface area contributed by atoms with Crippen LogP contribution in [0.2, 0.25) is 0 Å². The van der Waals surface area contributed by atoms with Crippen molar-refractivity contribution < 1.29 is 5.11 Å². The predicted octanol–water partition coefficient (Wildman–Crippen LogP) is 4.11. The summed E-state index contributed by atoms with van der Waals surface area (Å²) in [5, 5.41) is 14.2. The zero-order valence-corrected chi connectivity index (χ0v) is 21.0. The molecule has 188 valence electrons. The van der Waals surface area contributed by atoms with E-state index in [1.54, 1.807) is 6.07 Å². The highest BCUT2D eigenvalue weighted by molar-refractivity contribution is 5.79. The van der Waals surface area contributed by atoms with Gasteiger partial charge in [0.05, 0.1) is 17.6 Å². The number of anilines is 1. The number of hydrogen-bond acceptors (Lipinski definition) is 6. The van der Waals surface area contributed by atoms with Crippen LogP contribution < -0.4 is 11.1 Å². The summed E-state index contributed by atoms with van der Waals surface area (Å²) in [6.45, 7) is 6.14. The Labute approximate surface area is 213 Å². The van der Waals surface area contributed by atoms with Crippen LogP contribution in [0.1, 0.15) is 35.4 Å². The molecule has 0 spiro atoms. The van der Waals surface area contributed by atoms with E-state index in [9.17, 15) is 5.11 Å². The van der Waals surface area contributed by atoms with Crippen LogP contribution in [0, 0.1) is 6.92 Å². The molecule has 0 bridgehead atoms. The molecule has 36 heavy (non-hydrogen) atoms. The Morgan fingerprint density at radius 1 is 0.972 bits per heavy atom. The minimum absolute atomic E-state index is 0.212. The quantitative estimate of drug-likeness (QED) is 0.331. The fourth-order valence-electron chi connectivity index (χ4n) is 5.06. The number of nitrogens with zero attached hydrogens (tertiary/aromatic N) is 4. The van der Waals surface area contributed by atoms with Gasteiger partial charge in [-0.05, 0) is 68.0 Å². The van der Waals surface area contributed by atoms with Gasteiger partial charge in [0.2, 0.25) is 5.95 Å². The largest absolute Gasteiger partial charge is 0.506 e. The zero-order chi connectivity index (χ0) is 24.9. The summed E-state index contributed by atoms with van der Waals surface area (Å²) in [7, 11) is 0. The van der Waals surface area contributed by atoms with Crippen molar-refractivity contribution in [3.05, 3.63) is 83.2 Å². The van der Waals surface area contributed by atoms with Crippen molar-refractivity contribution in [1.29, 1.82) is 0 Å². The molecule has 0 aliphatic carbocycles. The van der Waals surface area contributed by atoms with Crippen molar-refractivity contribution >= 4 is 17.0 Å². The van der Waals surface area contributed by atoms with E-state index < -0.39 is 0 Å². The molecule has 0 radical (unpaired) electrons. The lowest BCUT2D eigenvalue weighted by Crippen LogP contribution is -2.41. The lowest BCUT2D eigenvalue weighted by Gasteiger charge is -2.32. The molecule has 7 heteroatoms. The van der Waals surface area contributed by atoms with E-state index in [1.807, 2.05) is 13.0 Å². The molecule has 3 heterocycles. The number of nitrogens with one attached hydrogen (secondary N) is 1. The fourth-order valence-corrected chi connectivity index (χ4v) is 5.06. The molecule has 1 saturated heterocycles. The van der Waals surface area contributed by atoms with Crippen LogP contribution in [-0.4, -0.2) is 56.8 Å². The first kappa shape index (κ1) is 24.3. The number of pyridine rings is 1. The second-order valence-electron chi connectivity index (χ2n) is 9.80. The maximum Gasteiger partial charge on any atom is 0.204 e. The van der Waals surface area contributed by atoms with Crippen molar-refractivity contribution in [2.75, 3.05) is 31.5 Å². The molecule has 1 fully saturated rings. The fraction of sp³-hybridized carbons (Fsp3) is 0.379. The normalized spacial score (nSPS) is 14.9. The maximum absolute atomic E-state index is 10.5. The van der Waals surface area contributed by atoms with Gasteiger partial charge in [-0.3, -0.25) is 4.98 Å². The number of benzene rings is 2. The maximum atomic E-state index is 10.5. The molecule has 2 aromatic heterocycles. The first-order valence-electron chi connectivity index (χ1n) is 13.0. The Hall–Kier alpha value is -3.42. The number of hydrogen-bond donors (Lipinski definition) is 3. The summed E-state index contributed by atoms with van der Waals surface area (Å²) in [5.41, 5.74) is 11.9. The number of aromatic hydroxyl groups is 1. The lowest BCUT2D eigenvalue weighted by atomic mass is 10.0. The summed E-state index contributed by atoms with van der Waals surface area (Å²) in [6, 6.07) is 21.0. The third-order valence-corrected chi connectivity index (χ3v) is 7.12.